The van der Waals surface area contributed by atoms with Crippen LogP contribution in [0.25, 0.3) is 0 Å². The number of hydrogen-bond donors (Lipinski definition) is 2. The number of carbonyl (C=O) groups excluding carboxylic acids is 1. The molecule has 2 saturated heterocycles. The van der Waals surface area contributed by atoms with Gasteiger partial charge >= 0.3 is 5.97 Å². The summed E-state index contributed by atoms with van der Waals surface area (Å²) in [6.07, 6.45) is 0.669. The van der Waals surface area contributed by atoms with Crippen molar-refractivity contribution in [3.63, 3.8) is 0 Å². The SMILES string of the molecule is CN1[C@H]2CC[C@]1(C(=O)c1ccccc1)[C@H](C(=O)O)[C@@H](O)C2. The Morgan fingerprint density at radius 1 is 1.29 bits per heavy atom. The minimum Gasteiger partial charge on any atom is -0.481 e. The van der Waals surface area contributed by atoms with Crippen LogP contribution in [0.4, 0.5) is 0 Å². The maximum atomic E-state index is 13.0. The molecule has 2 heterocycles. The maximum absolute atomic E-state index is 13.0. The fourth-order valence-corrected chi connectivity index (χ4v) is 4.09. The number of aliphatic carboxylic acids is 1. The zero-order valence-electron chi connectivity index (χ0n) is 11.9. The zero-order valence-corrected chi connectivity index (χ0v) is 11.9. The molecule has 21 heavy (non-hydrogen) atoms. The van der Waals surface area contributed by atoms with E-state index in [1.807, 2.05) is 11.0 Å². The highest BCUT2D eigenvalue weighted by Gasteiger charge is 2.62. The van der Waals surface area contributed by atoms with Crippen molar-refractivity contribution in [3.8, 4) is 0 Å². The molecule has 0 radical (unpaired) electrons. The number of Topliss-reactive ketones (excluding diaryl/α,β-unsaturated/α-hetero) is 1. The third-order valence-electron chi connectivity index (χ3n) is 5.14. The van der Waals surface area contributed by atoms with Crippen LogP contribution in [0.1, 0.15) is 29.6 Å². The predicted octanol–water partition coefficient (Wildman–Crippen LogP) is 1.17. The molecule has 1 aromatic rings. The van der Waals surface area contributed by atoms with E-state index in [4.69, 9.17) is 0 Å². The Labute approximate surface area is 123 Å². The second-order valence-electron chi connectivity index (χ2n) is 6.04. The fraction of sp³-hybridized carbons (Fsp3) is 0.500. The van der Waals surface area contributed by atoms with Crippen molar-refractivity contribution in [2.45, 2.75) is 36.9 Å². The minimum absolute atomic E-state index is 0.0725. The first-order valence-corrected chi connectivity index (χ1v) is 7.22. The second-order valence-corrected chi connectivity index (χ2v) is 6.04. The quantitative estimate of drug-likeness (QED) is 0.817. The molecule has 1 aromatic carbocycles. The van der Waals surface area contributed by atoms with E-state index >= 15 is 0 Å². The number of hydrogen-bond acceptors (Lipinski definition) is 4. The molecular weight excluding hydrogens is 270 g/mol. The number of ketones is 1. The molecular formula is C16H19NO4. The van der Waals surface area contributed by atoms with E-state index in [9.17, 15) is 19.8 Å². The molecule has 4 atom stereocenters. The third kappa shape index (κ3) is 1.92. The number of carboxylic acids is 1. The van der Waals surface area contributed by atoms with Crippen molar-refractivity contribution in [2.75, 3.05) is 7.05 Å². The van der Waals surface area contributed by atoms with Crippen LogP contribution in [0.2, 0.25) is 0 Å². The Morgan fingerprint density at radius 3 is 2.57 bits per heavy atom. The number of piperidine rings is 1. The molecule has 0 spiro atoms. The van der Waals surface area contributed by atoms with Gasteiger partial charge in [-0.2, -0.15) is 0 Å². The molecule has 0 aliphatic carbocycles. The summed E-state index contributed by atoms with van der Waals surface area (Å²) >= 11 is 0. The normalized spacial score (nSPS) is 35.6. The van der Waals surface area contributed by atoms with Crippen LogP contribution in [0.3, 0.4) is 0 Å². The first kappa shape index (κ1) is 14.2. The lowest BCUT2D eigenvalue weighted by atomic mass is 9.71. The van der Waals surface area contributed by atoms with Crippen molar-refractivity contribution >= 4 is 11.8 Å². The van der Waals surface area contributed by atoms with Crippen molar-refractivity contribution in [1.29, 1.82) is 0 Å². The van der Waals surface area contributed by atoms with Crippen molar-refractivity contribution in [3.05, 3.63) is 35.9 Å². The molecule has 0 amide bonds. The third-order valence-corrected chi connectivity index (χ3v) is 5.14. The van der Waals surface area contributed by atoms with Gasteiger partial charge in [-0.05, 0) is 26.3 Å². The van der Waals surface area contributed by atoms with Crippen molar-refractivity contribution in [1.82, 2.24) is 4.90 Å². The Balaban J connectivity index is 2.10. The van der Waals surface area contributed by atoms with Gasteiger partial charge in [-0.3, -0.25) is 14.5 Å². The Bertz CT molecular complexity index is 573. The number of rotatable bonds is 3. The fourth-order valence-electron chi connectivity index (χ4n) is 4.09. The average molecular weight is 289 g/mol. The van der Waals surface area contributed by atoms with Crippen LogP contribution >= 0.6 is 0 Å². The van der Waals surface area contributed by atoms with Crippen LogP contribution in [0.5, 0.6) is 0 Å². The molecule has 5 heteroatoms. The van der Waals surface area contributed by atoms with E-state index in [1.54, 1.807) is 31.3 Å². The molecule has 2 aliphatic rings. The predicted molar refractivity (Wildman–Crippen MR) is 76.0 cm³/mol. The summed E-state index contributed by atoms with van der Waals surface area (Å²) in [5, 5.41) is 19.8. The molecule has 2 N–H and O–H groups in total. The molecule has 0 saturated carbocycles. The molecule has 0 aromatic heterocycles. The second kappa shape index (κ2) is 4.93. The molecule has 5 nitrogen and oxygen atoms in total. The molecule has 2 bridgehead atoms. The Kier molecular flexibility index (Phi) is 3.34. The van der Waals surface area contributed by atoms with E-state index < -0.39 is 23.5 Å². The maximum Gasteiger partial charge on any atom is 0.311 e. The van der Waals surface area contributed by atoms with E-state index in [2.05, 4.69) is 0 Å². The number of carboxylic acid groups (broad SMARTS) is 1. The number of likely N-dealkylation sites (N-methyl/N-ethyl adjacent to an activating group) is 1. The largest absolute Gasteiger partial charge is 0.481 e. The zero-order chi connectivity index (χ0) is 15.2. The van der Waals surface area contributed by atoms with Gasteiger partial charge in [0.15, 0.2) is 5.78 Å². The Hall–Kier alpha value is -1.72. The van der Waals surface area contributed by atoms with Gasteiger partial charge in [0.1, 0.15) is 11.5 Å². The lowest BCUT2D eigenvalue weighted by molar-refractivity contribution is -0.156. The van der Waals surface area contributed by atoms with Crippen molar-refractivity contribution < 1.29 is 19.8 Å². The molecule has 2 aliphatic heterocycles. The van der Waals surface area contributed by atoms with Gasteiger partial charge in [-0.15, -0.1) is 0 Å². The van der Waals surface area contributed by atoms with Gasteiger partial charge in [0, 0.05) is 11.6 Å². The van der Waals surface area contributed by atoms with Crippen LogP contribution in [0, 0.1) is 5.92 Å². The van der Waals surface area contributed by atoms with E-state index in [0.29, 0.717) is 18.4 Å². The first-order valence-electron chi connectivity index (χ1n) is 7.22. The highest BCUT2D eigenvalue weighted by atomic mass is 16.4. The monoisotopic (exact) mass is 289 g/mol. The first-order chi connectivity index (χ1) is 9.98. The standard InChI is InChI=1S/C16H19NO4/c1-17-11-7-8-16(17,13(15(20)21)12(18)9-11)14(19)10-5-3-2-4-6-10/h2-6,11-13,18H,7-9H2,1H3,(H,20,21)/t11-,12-,13-,16+/m0/s1. The summed E-state index contributed by atoms with van der Waals surface area (Å²) in [5.74, 6) is -2.37. The molecule has 112 valence electrons. The number of carbonyl (C=O) groups is 2. The lowest BCUT2D eigenvalue weighted by Crippen LogP contribution is -2.65. The number of benzene rings is 1. The lowest BCUT2D eigenvalue weighted by Gasteiger charge is -2.47. The van der Waals surface area contributed by atoms with Gasteiger partial charge < -0.3 is 10.2 Å². The van der Waals surface area contributed by atoms with E-state index in [1.165, 1.54) is 0 Å². The van der Waals surface area contributed by atoms with Gasteiger partial charge in [-0.25, -0.2) is 0 Å². The topological polar surface area (TPSA) is 77.8 Å². The molecule has 3 rings (SSSR count). The van der Waals surface area contributed by atoms with Crippen LogP contribution in [-0.2, 0) is 4.79 Å². The summed E-state index contributed by atoms with van der Waals surface area (Å²) in [7, 11) is 1.81. The van der Waals surface area contributed by atoms with Gasteiger partial charge in [-0.1, -0.05) is 30.3 Å². The van der Waals surface area contributed by atoms with E-state index in [0.717, 1.165) is 6.42 Å². The Morgan fingerprint density at radius 2 is 1.95 bits per heavy atom. The number of aliphatic hydroxyl groups excluding tert-OH is 1. The minimum atomic E-state index is -1.13. The van der Waals surface area contributed by atoms with Gasteiger partial charge in [0.2, 0.25) is 0 Å². The summed E-state index contributed by atoms with van der Waals surface area (Å²) < 4.78 is 0. The van der Waals surface area contributed by atoms with Crippen LogP contribution in [-0.4, -0.2) is 51.6 Å². The summed E-state index contributed by atoms with van der Waals surface area (Å²) in [5.41, 5.74) is -0.624. The highest BCUT2D eigenvalue weighted by Crippen LogP contribution is 2.48. The number of fused-ring (bicyclic) bond motifs is 2. The highest BCUT2D eigenvalue weighted by molar-refractivity contribution is 6.06. The molecule has 2 fully saturated rings. The number of nitrogens with zero attached hydrogens (tertiary/aromatic N) is 1. The average Bonchev–Trinajstić information content (AvgIpc) is 2.69. The summed E-state index contributed by atoms with van der Waals surface area (Å²) in [6, 6.07) is 8.84. The molecule has 0 unspecified atom stereocenters. The number of aliphatic hydroxyl groups is 1. The van der Waals surface area contributed by atoms with Crippen LogP contribution < -0.4 is 0 Å². The van der Waals surface area contributed by atoms with Crippen LogP contribution in [0.15, 0.2) is 30.3 Å². The van der Waals surface area contributed by atoms with E-state index in [-0.39, 0.29) is 11.8 Å². The van der Waals surface area contributed by atoms with Gasteiger partial charge in [0.05, 0.1) is 6.10 Å². The van der Waals surface area contributed by atoms with Gasteiger partial charge in [0.25, 0.3) is 0 Å². The summed E-state index contributed by atoms with van der Waals surface area (Å²) in [6.45, 7) is 0. The summed E-state index contributed by atoms with van der Waals surface area (Å²) in [4.78, 5) is 26.6. The smallest absolute Gasteiger partial charge is 0.311 e. The van der Waals surface area contributed by atoms with Crippen molar-refractivity contribution in [2.24, 2.45) is 5.92 Å².